The van der Waals surface area contributed by atoms with Crippen LogP contribution in [0.2, 0.25) is 0 Å². The van der Waals surface area contributed by atoms with Crippen molar-refractivity contribution in [2.75, 3.05) is 60.3 Å². The van der Waals surface area contributed by atoms with Gasteiger partial charge in [-0.25, -0.2) is 0 Å². The summed E-state index contributed by atoms with van der Waals surface area (Å²) in [6, 6.07) is 0. The maximum atomic E-state index is 7.23. The molecule has 0 radical (unpaired) electrons. The highest BCUT2D eigenvalue weighted by Crippen LogP contribution is 1.93. The topological polar surface area (TPSA) is 80.8 Å². The molecule has 0 saturated carbocycles. The summed E-state index contributed by atoms with van der Waals surface area (Å²) < 4.78 is 15.5. The summed E-state index contributed by atoms with van der Waals surface area (Å²) >= 11 is 0. The zero-order valence-corrected chi connectivity index (χ0v) is 11.6. The Balaban J connectivity index is 3.61. The molecule has 0 atom stereocenters. The number of nitrogens with one attached hydrogen (secondary N) is 1. The number of nitrogens with two attached hydrogens (primary N) is 1. The van der Waals surface area contributed by atoms with E-state index >= 15 is 0 Å². The molecular formula is C12H27N3O3. The van der Waals surface area contributed by atoms with E-state index in [0.717, 1.165) is 39.3 Å². The van der Waals surface area contributed by atoms with Gasteiger partial charge < -0.3 is 19.9 Å². The number of nitrogens with zero attached hydrogens (tertiary/aromatic N) is 1. The Morgan fingerprint density at radius 3 is 2.28 bits per heavy atom. The number of ether oxygens (including phenoxy) is 3. The van der Waals surface area contributed by atoms with Crippen molar-refractivity contribution >= 4 is 5.84 Å². The standard InChI is InChI=1S/C12H27N3O3/c1-16-8-3-9-18-11-7-15(6-10-17-2)5-4-12(13)14/h3-11H2,1-2H3,(H3,13,14). The smallest absolute Gasteiger partial charge is 0.0918 e. The van der Waals surface area contributed by atoms with Gasteiger partial charge in [-0.05, 0) is 6.42 Å². The van der Waals surface area contributed by atoms with Crippen molar-refractivity contribution in [2.24, 2.45) is 5.73 Å². The average molecular weight is 261 g/mol. The van der Waals surface area contributed by atoms with Crippen LogP contribution in [0.4, 0.5) is 0 Å². The molecule has 6 heteroatoms. The van der Waals surface area contributed by atoms with Crippen LogP contribution in [0.3, 0.4) is 0 Å². The predicted molar refractivity (Wildman–Crippen MR) is 72.2 cm³/mol. The molecule has 0 fully saturated rings. The van der Waals surface area contributed by atoms with E-state index in [-0.39, 0.29) is 5.84 Å². The second-order valence-electron chi connectivity index (χ2n) is 4.07. The number of methoxy groups -OCH3 is 2. The van der Waals surface area contributed by atoms with Crippen LogP contribution in [0.25, 0.3) is 0 Å². The van der Waals surface area contributed by atoms with E-state index in [1.807, 2.05) is 0 Å². The molecule has 0 aliphatic carbocycles. The summed E-state index contributed by atoms with van der Waals surface area (Å²) in [6.07, 6.45) is 1.51. The summed E-state index contributed by atoms with van der Waals surface area (Å²) in [7, 11) is 3.37. The molecule has 0 heterocycles. The molecule has 0 aromatic carbocycles. The van der Waals surface area contributed by atoms with Gasteiger partial charge in [-0.3, -0.25) is 10.3 Å². The SMILES string of the molecule is COCCCOCCN(CCOC)CCC(=N)N. The summed E-state index contributed by atoms with van der Waals surface area (Å²) in [6.45, 7) is 5.28. The van der Waals surface area contributed by atoms with E-state index < -0.39 is 0 Å². The quantitative estimate of drug-likeness (QED) is 0.283. The predicted octanol–water partition coefficient (Wildman–Crippen LogP) is 0.314. The van der Waals surface area contributed by atoms with Crippen molar-refractivity contribution in [3.05, 3.63) is 0 Å². The molecule has 0 rings (SSSR count). The van der Waals surface area contributed by atoms with Crippen molar-refractivity contribution in [3.63, 3.8) is 0 Å². The minimum Gasteiger partial charge on any atom is -0.388 e. The summed E-state index contributed by atoms with van der Waals surface area (Å²) in [5.41, 5.74) is 5.36. The zero-order valence-electron chi connectivity index (χ0n) is 11.6. The van der Waals surface area contributed by atoms with E-state index in [9.17, 15) is 0 Å². The Kier molecular flexibility index (Phi) is 12.3. The van der Waals surface area contributed by atoms with Crippen molar-refractivity contribution in [2.45, 2.75) is 12.8 Å². The molecule has 0 spiro atoms. The van der Waals surface area contributed by atoms with Crippen LogP contribution in [0.1, 0.15) is 12.8 Å². The highest BCUT2D eigenvalue weighted by atomic mass is 16.5. The Hall–Kier alpha value is -0.690. The third-order valence-electron chi connectivity index (χ3n) is 2.50. The Bertz CT molecular complexity index is 203. The Labute approximate surface area is 110 Å². The van der Waals surface area contributed by atoms with Gasteiger partial charge in [0.15, 0.2) is 0 Å². The molecule has 0 aliphatic heterocycles. The van der Waals surface area contributed by atoms with Gasteiger partial charge in [-0.1, -0.05) is 0 Å². The summed E-state index contributed by atoms with van der Waals surface area (Å²) in [5, 5.41) is 7.23. The average Bonchev–Trinajstić information content (AvgIpc) is 2.35. The fourth-order valence-corrected chi connectivity index (χ4v) is 1.44. The molecule has 3 N–H and O–H groups in total. The van der Waals surface area contributed by atoms with E-state index in [2.05, 4.69) is 4.90 Å². The molecule has 0 unspecified atom stereocenters. The van der Waals surface area contributed by atoms with Crippen LogP contribution in [0, 0.1) is 5.41 Å². The molecule has 0 bridgehead atoms. The number of hydrogen-bond donors (Lipinski definition) is 2. The summed E-state index contributed by atoms with van der Waals surface area (Å²) in [4.78, 5) is 2.20. The fraction of sp³-hybridized carbons (Fsp3) is 0.917. The molecule has 0 aliphatic rings. The van der Waals surface area contributed by atoms with Crippen LogP contribution >= 0.6 is 0 Å². The minimum atomic E-state index is 0.221. The number of amidine groups is 1. The van der Waals surface area contributed by atoms with Gasteiger partial charge in [-0.2, -0.15) is 0 Å². The van der Waals surface area contributed by atoms with Crippen LogP contribution in [-0.2, 0) is 14.2 Å². The van der Waals surface area contributed by atoms with Crippen LogP contribution in [0.5, 0.6) is 0 Å². The first-order valence-electron chi connectivity index (χ1n) is 6.31. The number of rotatable bonds is 13. The van der Waals surface area contributed by atoms with E-state index in [0.29, 0.717) is 19.6 Å². The monoisotopic (exact) mass is 261 g/mol. The molecule has 0 amide bonds. The van der Waals surface area contributed by atoms with Gasteiger partial charge in [0.25, 0.3) is 0 Å². The first kappa shape index (κ1) is 17.3. The first-order chi connectivity index (χ1) is 8.70. The first-order valence-corrected chi connectivity index (χ1v) is 6.31. The Morgan fingerprint density at radius 2 is 1.67 bits per heavy atom. The zero-order chi connectivity index (χ0) is 13.6. The maximum Gasteiger partial charge on any atom is 0.0918 e. The van der Waals surface area contributed by atoms with E-state index in [4.69, 9.17) is 25.4 Å². The largest absolute Gasteiger partial charge is 0.388 e. The van der Waals surface area contributed by atoms with Crippen molar-refractivity contribution < 1.29 is 14.2 Å². The van der Waals surface area contributed by atoms with Crippen molar-refractivity contribution in [1.29, 1.82) is 5.41 Å². The lowest BCUT2D eigenvalue weighted by atomic mass is 10.3. The normalized spacial score (nSPS) is 11.1. The van der Waals surface area contributed by atoms with E-state index in [1.165, 1.54) is 0 Å². The highest BCUT2D eigenvalue weighted by molar-refractivity contribution is 5.76. The lowest BCUT2D eigenvalue weighted by molar-refractivity contribution is 0.0754. The van der Waals surface area contributed by atoms with Gasteiger partial charge in [0.05, 0.1) is 19.0 Å². The van der Waals surface area contributed by atoms with Crippen molar-refractivity contribution in [1.82, 2.24) is 4.90 Å². The van der Waals surface area contributed by atoms with Gasteiger partial charge in [0, 0.05) is 53.5 Å². The van der Waals surface area contributed by atoms with E-state index in [1.54, 1.807) is 14.2 Å². The molecule has 0 aromatic heterocycles. The van der Waals surface area contributed by atoms with Crippen LogP contribution in [0.15, 0.2) is 0 Å². The third kappa shape index (κ3) is 11.8. The van der Waals surface area contributed by atoms with Crippen LogP contribution < -0.4 is 5.73 Å². The molecule has 6 nitrogen and oxygen atoms in total. The molecular weight excluding hydrogens is 234 g/mol. The fourth-order valence-electron chi connectivity index (χ4n) is 1.44. The lowest BCUT2D eigenvalue weighted by Crippen LogP contribution is -2.33. The second-order valence-corrected chi connectivity index (χ2v) is 4.07. The molecule has 18 heavy (non-hydrogen) atoms. The summed E-state index contributed by atoms with van der Waals surface area (Å²) in [5.74, 6) is 0.221. The maximum absolute atomic E-state index is 7.23. The number of hydrogen-bond acceptors (Lipinski definition) is 5. The van der Waals surface area contributed by atoms with Gasteiger partial charge in [0.1, 0.15) is 0 Å². The van der Waals surface area contributed by atoms with Gasteiger partial charge in [-0.15, -0.1) is 0 Å². The molecule has 0 saturated heterocycles. The molecule has 0 aromatic rings. The highest BCUT2D eigenvalue weighted by Gasteiger charge is 2.05. The lowest BCUT2D eigenvalue weighted by Gasteiger charge is -2.21. The molecule has 108 valence electrons. The van der Waals surface area contributed by atoms with Gasteiger partial charge >= 0.3 is 0 Å². The van der Waals surface area contributed by atoms with Crippen LogP contribution in [-0.4, -0.2) is 71.0 Å². The minimum absolute atomic E-state index is 0.221. The van der Waals surface area contributed by atoms with Crippen molar-refractivity contribution in [3.8, 4) is 0 Å². The van der Waals surface area contributed by atoms with Gasteiger partial charge in [0.2, 0.25) is 0 Å². The third-order valence-corrected chi connectivity index (χ3v) is 2.50. The Morgan fingerprint density at radius 1 is 1.00 bits per heavy atom. The second kappa shape index (κ2) is 12.8.